The largest absolute Gasteiger partial charge is 0.481 e. The summed E-state index contributed by atoms with van der Waals surface area (Å²) in [5.41, 5.74) is 0.289. The number of carboxylic acids is 1. The number of carbonyl (C=O) groups is 3. The van der Waals surface area contributed by atoms with Crippen molar-refractivity contribution >= 4 is 17.7 Å². The fourth-order valence-corrected chi connectivity index (χ4v) is 2.11. The highest BCUT2D eigenvalue weighted by Gasteiger charge is 2.16. The van der Waals surface area contributed by atoms with E-state index in [2.05, 4.69) is 0 Å². The zero-order valence-electron chi connectivity index (χ0n) is 17.5. The maximum atomic E-state index is 11.8. The van der Waals surface area contributed by atoms with Crippen LogP contribution in [0.25, 0.3) is 0 Å². The van der Waals surface area contributed by atoms with Crippen molar-refractivity contribution in [2.75, 3.05) is 72.7 Å². The lowest BCUT2D eigenvalue weighted by Crippen LogP contribution is -2.20. The Morgan fingerprint density at radius 3 is 1.48 bits per heavy atom. The Morgan fingerprint density at radius 1 is 0.613 bits per heavy atom. The van der Waals surface area contributed by atoms with Crippen LogP contribution in [0.3, 0.4) is 0 Å². The number of rotatable bonds is 20. The first-order valence-corrected chi connectivity index (χ1v) is 9.98. The Hall–Kier alpha value is -2.37. The number of hydrogen-bond donors (Lipinski definition) is 1. The van der Waals surface area contributed by atoms with Crippen molar-refractivity contribution in [3.05, 3.63) is 35.9 Å². The van der Waals surface area contributed by atoms with Crippen LogP contribution in [-0.2, 0) is 38.0 Å². The van der Waals surface area contributed by atoms with Gasteiger partial charge in [0.15, 0.2) is 0 Å². The highest BCUT2D eigenvalue weighted by molar-refractivity contribution is 6.40. The normalized spacial score (nSPS) is 10.7. The van der Waals surface area contributed by atoms with Gasteiger partial charge >= 0.3 is 11.9 Å². The van der Waals surface area contributed by atoms with Gasteiger partial charge in [0.2, 0.25) is 0 Å². The SMILES string of the molecule is O=C(O)CCOCCOCCOCCOCCOCCOC(=O)C(=O)c1ccccc1. The molecular weight excluding hydrogens is 412 g/mol. The molecule has 0 aromatic heterocycles. The van der Waals surface area contributed by atoms with Crippen molar-refractivity contribution in [1.82, 2.24) is 0 Å². The van der Waals surface area contributed by atoms with Gasteiger partial charge in [-0.2, -0.15) is 0 Å². The Kier molecular flexibility index (Phi) is 15.8. The lowest BCUT2D eigenvalue weighted by atomic mass is 10.1. The molecule has 1 N–H and O–H groups in total. The van der Waals surface area contributed by atoms with Crippen molar-refractivity contribution in [3.63, 3.8) is 0 Å². The van der Waals surface area contributed by atoms with Gasteiger partial charge in [-0.1, -0.05) is 30.3 Å². The predicted octanol–water partition coefficient (Wildman–Crippen LogP) is 0.970. The molecule has 10 heteroatoms. The number of Topliss-reactive ketones (excluding diaryl/α,β-unsaturated/α-hetero) is 1. The summed E-state index contributed by atoms with van der Waals surface area (Å²) in [5, 5.41) is 8.44. The average molecular weight is 442 g/mol. The number of carboxylic acid groups (broad SMARTS) is 1. The molecule has 0 aliphatic heterocycles. The number of carbonyl (C=O) groups excluding carboxylic acids is 2. The van der Waals surface area contributed by atoms with E-state index < -0.39 is 17.7 Å². The quantitative estimate of drug-likeness (QED) is 0.135. The maximum absolute atomic E-state index is 11.8. The van der Waals surface area contributed by atoms with Gasteiger partial charge in [-0.3, -0.25) is 9.59 Å². The highest BCUT2D eigenvalue weighted by atomic mass is 16.6. The third kappa shape index (κ3) is 15.1. The van der Waals surface area contributed by atoms with Crippen molar-refractivity contribution in [2.24, 2.45) is 0 Å². The molecule has 0 fully saturated rings. The molecule has 10 nitrogen and oxygen atoms in total. The summed E-state index contributed by atoms with van der Waals surface area (Å²) in [6, 6.07) is 8.21. The average Bonchev–Trinajstić information content (AvgIpc) is 2.78. The van der Waals surface area contributed by atoms with Crippen LogP contribution < -0.4 is 0 Å². The van der Waals surface area contributed by atoms with E-state index in [0.29, 0.717) is 52.9 Å². The van der Waals surface area contributed by atoms with Gasteiger partial charge < -0.3 is 33.5 Å². The fourth-order valence-electron chi connectivity index (χ4n) is 2.11. The molecular formula is C21H30O10. The fraction of sp³-hybridized carbons (Fsp3) is 0.571. The molecule has 0 amide bonds. The van der Waals surface area contributed by atoms with Crippen LogP contribution in [0.15, 0.2) is 30.3 Å². The van der Waals surface area contributed by atoms with Crippen LogP contribution >= 0.6 is 0 Å². The number of esters is 1. The Bertz CT molecular complexity index is 620. The van der Waals surface area contributed by atoms with Crippen molar-refractivity contribution in [1.29, 1.82) is 0 Å². The van der Waals surface area contributed by atoms with Crippen LogP contribution in [0.1, 0.15) is 16.8 Å². The van der Waals surface area contributed by atoms with E-state index in [-0.39, 0.29) is 31.8 Å². The van der Waals surface area contributed by atoms with E-state index in [1.807, 2.05) is 0 Å². The third-order valence-corrected chi connectivity index (χ3v) is 3.63. The Labute approximate surface area is 181 Å². The molecule has 0 radical (unpaired) electrons. The number of hydrogen-bond acceptors (Lipinski definition) is 9. The van der Waals surface area contributed by atoms with Crippen molar-refractivity contribution < 1.29 is 47.9 Å². The zero-order valence-corrected chi connectivity index (χ0v) is 17.5. The molecule has 0 unspecified atom stereocenters. The second kappa shape index (κ2) is 18.4. The number of benzene rings is 1. The maximum Gasteiger partial charge on any atom is 0.379 e. The van der Waals surface area contributed by atoms with Gasteiger partial charge in [-0.05, 0) is 0 Å². The molecule has 0 spiro atoms. The summed E-state index contributed by atoms with van der Waals surface area (Å²) < 4.78 is 31.1. The van der Waals surface area contributed by atoms with Crippen LogP contribution in [0.2, 0.25) is 0 Å². The minimum absolute atomic E-state index is 0.00881. The second-order valence-corrected chi connectivity index (χ2v) is 6.04. The molecule has 0 bridgehead atoms. The second-order valence-electron chi connectivity index (χ2n) is 6.04. The van der Waals surface area contributed by atoms with Gasteiger partial charge in [-0.15, -0.1) is 0 Å². The van der Waals surface area contributed by atoms with Gasteiger partial charge in [0.1, 0.15) is 6.61 Å². The molecule has 0 saturated carbocycles. The molecule has 0 heterocycles. The molecule has 0 aliphatic rings. The lowest BCUT2D eigenvalue weighted by molar-refractivity contribution is -0.140. The predicted molar refractivity (Wildman–Crippen MR) is 108 cm³/mol. The minimum atomic E-state index is -0.905. The molecule has 0 atom stereocenters. The number of ether oxygens (including phenoxy) is 6. The van der Waals surface area contributed by atoms with E-state index in [1.54, 1.807) is 30.3 Å². The lowest BCUT2D eigenvalue weighted by Gasteiger charge is -2.08. The van der Waals surface area contributed by atoms with E-state index in [1.165, 1.54) is 0 Å². The molecule has 1 aromatic carbocycles. The van der Waals surface area contributed by atoms with E-state index in [4.69, 9.17) is 33.5 Å². The van der Waals surface area contributed by atoms with E-state index in [0.717, 1.165) is 0 Å². The first kappa shape index (κ1) is 26.7. The number of aliphatic carboxylic acids is 1. The van der Waals surface area contributed by atoms with Gasteiger partial charge in [0.25, 0.3) is 5.78 Å². The minimum Gasteiger partial charge on any atom is -0.481 e. The topological polar surface area (TPSA) is 127 Å². The smallest absolute Gasteiger partial charge is 0.379 e. The highest BCUT2D eigenvalue weighted by Crippen LogP contribution is 2.01. The van der Waals surface area contributed by atoms with Crippen LogP contribution in [-0.4, -0.2) is 95.5 Å². The molecule has 0 saturated heterocycles. The summed E-state index contributed by atoms with van der Waals surface area (Å²) in [5.74, 6) is -2.47. The number of ketones is 1. The molecule has 0 aliphatic carbocycles. The third-order valence-electron chi connectivity index (χ3n) is 3.63. The summed E-state index contributed by atoms with van der Waals surface area (Å²) in [7, 11) is 0. The zero-order chi connectivity index (χ0) is 22.6. The van der Waals surface area contributed by atoms with Crippen LogP contribution in [0.4, 0.5) is 0 Å². The van der Waals surface area contributed by atoms with Crippen LogP contribution in [0.5, 0.6) is 0 Å². The molecule has 174 valence electrons. The summed E-state index contributed by atoms with van der Waals surface area (Å²) in [6.45, 7) is 3.41. The van der Waals surface area contributed by atoms with E-state index in [9.17, 15) is 14.4 Å². The first-order valence-electron chi connectivity index (χ1n) is 9.98. The molecule has 1 rings (SSSR count). The van der Waals surface area contributed by atoms with E-state index >= 15 is 0 Å². The van der Waals surface area contributed by atoms with Crippen LogP contribution in [0, 0.1) is 0 Å². The van der Waals surface area contributed by atoms with Crippen molar-refractivity contribution in [3.8, 4) is 0 Å². The Balaban J connectivity index is 1.79. The summed E-state index contributed by atoms with van der Waals surface area (Å²) in [6.07, 6.45) is -0.0165. The summed E-state index contributed by atoms with van der Waals surface area (Å²) >= 11 is 0. The summed E-state index contributed by atoms with van der Waals surface area (Å²) in [4.78, 5) is 33.7. The molecule has 31 heavy (non-hydrogen) atoms. The van der Waals surface area contributed by atoms with Gasteiger partial charge in [0.05, 0.1) is 72.5 Å². The molecule has 1 aromatic rings. The van der Waals surface area contributed by atoms with Gasteiger partial charge in [0, 0.05) is 5.56 Å². The van der Waals surface area contributed by atoms with Gasteiger partial charge in [-0.25, -0.2) is 4.79 Å². The standard InChI is InChI=1S/C21H30O10/c22-19(23)6-7-26-8-9-27-10-11-28-12-13-29-14-15-30-16-17-31-21(25)20(24)18-4-2-1-3-5-18/h1-5H,6-17H2,(H,22,23). The van der Waals surface area contributed by atoms with Crippen molar-refractivity contribution in [2.45, 2.75) is 6.42 Å². The first-order chi connectivity index (χ1) is 15.1. The Morgan fingerprint density at radius 2 is 1.03 bits per heavy atom. The monoisotopic (exact) mass is 442 g/mol.